The lowest BCUT2D eigenvalue weighted by Crippen LogP contribution is -2.22. The van der Waals surface area contributed by atoms with Crippen molar-refractivity contribution in [1.29, 1.82) is 0 Å². The number of rotatable bonds is 6. The first-order valence-corrected chi connectivity index (χ1v) is 7.51. The van der Waals surface area contributed by atoms with Crippen molar-refractivity contribution < 1.29 is 4.52 Å². The number of aryl methyl sites for hydroxylation is 1. The molecular formula is C18H19N3O. The summed E-state index contributed by atoms with van der Waals surface area (Å²) in [6, 6.07) is 20.8. The Labute approximate surface area is 130 Å². The van der Waals surface area contributed by atoms with E-state index in [0.717, 1.165) is 12.2 Å². The van der Waals surface area contributed by atoms with Crippen molar-refractivity contribution in [3.05, 3.63) is 83.5 Å². The maximum atomic E-state index is 5.25. The Hall–Kier alpha value is -2.46. The Morgan fingerprint density at radius 3 is 2.05 bits per heavy atom. The molecule has 1 heterocycles. The van der Waals surface area contributed by atoms with Crippen LogP contribution < -0.4 is 5.32 Å². The Morgan fingerprint density at radius 1 is 0.955 bits per heavy atom. The van der Waals surface area contributed by atoms with E-state index in [2.05, 4.69) is 64.0 Å². The van der Waals surface area contributed by atoms with E-state index in [1.165, 1.54) is 11.1 Å². The van der Waals surface area contributed by atoms with E-state index in [-0.39, 0.29) is 6.04 Å². The Kier molecular flexibility index (Phi) is 4.61. The van der Waals surface area contributed by atoms with Gasteiger partial charge in [-0.1, -0.05) is 72.7 Å². The summed E-state index contributed by atoms with van der Waals surface area (Å²) in [7, 11) is 0. The van der Waals surface area contributed by atoms with Gasteiger partial charge in [-0.25, -0.2) is 0 Å². The first kappa shape index (κ1) is 14.5. The Bertz CT molecular complexity index is 655. The second-order valence-corrected chi connectivity index (χ2v) is 5.09. The molecule has 22 heavy (non-hydrogen) atoms. The van der Waals surface area contributed by atoms with Crippen molar-refractivity contribution >= 4 is 0 Å². The van der Waals surface area contributed by atoms with Gasteiger partial charge in [0.25, 0.3) is 0 Å². The van der Waals surface area contributed by atoms with Crippen LogP contribution in [-0.4, -0.2) is 10.1 Å². The van der Waals surface area contributed by atoms with Crippen LogP contribution in [0.5, 0.6) is 0 Å². The standard InChI is InChI=1S/C18H19N3O/c1-2-16-20-17(22-21-16)13-19-18(14-9-5-3-6-10-14)15-11-7-4-8-12-15/h3-12,18-19H,2,13H2,1H3. The minimum atomic E-state index is 0.0966. The molecule has 3 rings (SSSR count). The van der Waals surface area contributed by atoms with Gasteiger partial charge in [-0.05, 0) is 11.1 Å². The van der Waals surface area contributed by atoms with E-state index in [4.69, 9.17) is 4.52 Å². The molecule has 0 spiro atoms. The highest BCUT2D eigenvalue weighted by Crippen LogP contribution is 2.22. The average molecular weight is 293 g/mol. The lowest BCUT2D eigenvalue weighted by atomic mass is 9.99. The summed E-state index contributed by atoms with van der Waals surface area (Å²) >= 11 is 0. The lowest BCUT2D eigenvalue weighted by molar-refractivity contribution is 0.358. The molecule has 2 aromatic carbocycles. The van der Waals surface area contributed by atoms with Crippen molar-refractivity contribution in [3.63, 3.8) is 0 Å². The predicted molar refractivity (Wildman–Crippen MR) is 85.2 cm³/mol. The molecule has 3 aromatic rings. The van der Waals surface area contributed by atoms with Gasteiger partial charge < -0.3 is 4.52 Å². The third-order valence-electron chi connectivity index (χ3n) is 3.55. The topological polar surface area (TPSA) is 51.0 Å². The number of nitrogens with one attached hydrogen (secondary N) is 1. The number of hydrogen-bond acceptors (Lipinski definition) is 4. The molecule has 0 saturated carbocycles. The first-order valence-electron chi connectivity index (χ1n) is 7.51. The minimum absolute atomic E-state index is 0.0966. The average Bonchev–Trinajstić information content (AvgIpc) is 3.05. The molecule has 112 valence electrons. The molecule has 0 aliphatic heterocycles. The molecule has 0 radical (unpaired) electrons. The van der Waals surface area contributed by atoms with E-state index in [1.807, 2.05) is 19.1 Å². The fourth-order valence-corrected chi connectivity index (χ4v) is 2.41. The van der Waals surface area contributed by atoms with E-state index in [9.17, 15) is 0 Å². The third-order valence-corrected chi connectivity index (χ3v) is 3.55. The molecule has 1 aromatic heterocycles. The first-order chi connectivity index (χ1) is 10.9. The second-order valence-electron chi connectivity index (χ2n) is 5.09. The van der Waals surface area contributed by atoms with Crippen LogP contribution >= 0.6 is 0 Å². The van der Waals surface area contributed by atoms with Gasteiger partial charge in [-0.3, -0.25) is 5.32 Å². The zero-order chi connectivity index (χ0) is 15.2. The summed E-state index contributed by atoms with van der Waals surface area (Å²) in [4.78, 5) is 4.35. The van der Waals surface area contributed by atoms with Crippen LogP contribution in [0, 0.1) is 0 Å². The van der Waals surface area contributed by atoms with Gasteiger partial charge >= 0.3 is 0 Å². The molecule has 4 heteroatoms. The van der Waals surface area contributed by atoms with Crippen LogP contribution in [0.4, 0.5) is 0 Å². The third kappa shape index (κ3) is 3.40. The molecule has 0 amide bonds. The zero-order valence-electron chi connectivity index (χ0n) is 12.6. The van der Waals surface area contributed by atoms with Crippen LogP contribution in [0.25, 0.3) is 0 Å². The SMILES string of the molecule is CCc1noc(CNC(c2ccccc2)c2ccccc2)n1. The number of aromatic nitrogens is 2. The van der Waals surface area contributed by atoms with Crippen LogP contribution in [0.1, 0.15) is 35.8 Å². The molecule has 0 bridgehead atoms. The van der Waals surface area contributed by atoms with Crippen molar-refractivity contribution in [2.24, 2.45) is 0 Å². The van der Waals surface area contributed by atoms with Gasteiger partial charge in [-0.15, -0.1) is 0 Å². The molecule has 0 unspecified atom stereocenters. The fraction of sp³-hybridized carbons (Fsp3) is 0.222. The van der Waals surface area contributed by atoms with Crippen molar-refractivity contribution in [3.8, 4) is 0 Å². The van der Waals surface area contributed by atoms with Crippen LogP contribution in [0.2, 0.25) is 0 Å². The van der Waals surface area contributed by atoms with Crippen LogP contribution in [0.3, 0.4) is 0 Å². The quantitative estimate of drug-likeness (QED) is 0.755. The van der Waals surface area contributed by atoms with Gasteiger partial charge in [0.2, 0.25) is 5.89 Å². The van der Waals surface area contributed by atoms with Crippen LogP contribution in [0.15, 0.2) is 65.2 Å². The lowest BCUT2D eigenvalue weighted by Gasteiger charge is -2.18. The zero-order valence-corrected chi connectivity index (χ0v) is 12.6. The highest BCUT2D eigenvalue weighted by Gasteiger charge is 2.14. The highest BCUT2D eigenvalue weighted by atomic mass is 16.5. The molecule has 0 aliphatic carbocycles. The van der Waals surface area contributed by atoms with Crippen molar-refractivity contribution in [2.75, 3.05) is 0 Å². The fourth-order valence-electron chi connectivity index (χ4n) is 2.41. The summed E-state index contributed by atoms with van der Waals surface area (Å²) in [5.41, 5.74) is 2.42. The van der Waals surface area contributed by atoms with E-state index >= 15 is 0 Å². The molecule has 0 fully saturated rings. The van der Waals surface area contributed by atoms with Gasteiger partial charge in [0, 0.05) is 6.42 Å². The highest BCUT2D eigenvalue weighted by molar-refractivity contribution is 5.31. The second kappa shape index (κ2) is 7.00. The minimum Gasteiger partial charge on any atom is -0.338 e. The normalized spacial score (nSPS) is 11.0. The Balaban J connectivity index is 1.80. The van der Waals surface area contributed by atoms with Crippen LogP contribution in [-0.2, 0) is 13.0 Å². The largest absolute Gasteiger partial charge is 0.338 e. The molecule has 1 N–H and O–H groups in total. The Morgan fingerprint density at radius 2 is 1.55 bits per heavy atom. The molecule has 4 nitrogen and oxygen atoms in total. The van der Waals surface area contributed by atoms with Gasteiger partial charge in [0.05, 0.1) is 12.6 Å². The molecule has 0 atom stereocenters. The van der Waals surface area contributed by atoms with Gasteiger partial charge in [-0.2, -0.15) is 4.98 Å². The summed E-state index contributed by atoms with van der Waals surface area (Å²) in [5.74, 6) is 1.36. The number of hydrogen-bond donors (Lipinski definition) is 1. The van der Waals surface area contributed by atoms with E-state index in [0.29, 0.717) is 12.4 Å². The summed E-state index contributed by atoms with van der Waals surface area (Å²) < 4.78 is 5.25. The predicted octanol–water partition coefficient (Wildman–Crippen LogP) is 3.51. The van der Waals surface area contributed by atoms with Gasteiger partial charge in [0.15, 0.2) is 5.82 Å². The van der Waals surface area contributed by atoms with Gasteiger partial charge in [0.1, 0.15) is 0 Å². The van der Waals surface area contributed by atoms with E-state index < -0.39 is 0 Å². The van der Waals surface area contributed by atoms with Crippen molar-refractivity contribution in [2.45, 2.75) is 25.9 Å². The summed E-state index contributed by atoms with van der Waals surface area (Å²) in [6.07, 6.45) is 0.782. The number of benzene rings is 2. The van der Waals surface area contributed by atoms with Crippen molar-refractivity contribution in [1.82, 2.24) is 15.5 Å². The van der Waals surface area contributed by atoms with E-state index in [1.54, 1.807) is 0 Å². The summed E-state index contributed by atoms with van der Waals surface area (Å²) in [6.45, 7) is 2.56. The monoisotopic (exact) mass is 293 g/mol. The molecular weight excluding hydrogens is 274 g/mol. The smallest absolute Gasteiger partial charge is 0.240 e. The maximum absolute atomic E-state index is 5.25. The maximum Gasteiger partial charge on any atom is 0.240 e. The number of nitrogens with zero attached hydrogens (tertiary/aromatic N) is 2. The molecule has 0 aliphatic rings. The summed E-state index contributed by atoms with van der Waals surface area (Å²) in [5, 5.41) is 7.44. The molecule has 0 saturated heterocycles.